The lowest BCUT2D eigenvalue weighted by molar-refractivity contribution is -0.671. The summed E-state index contributed by atoms with van der Waals surface area (Å²) < 4.78 is 7.10. The molecule has 3 aromatic rings. The Balaban J connectivity index is 1.87. The predicted octanol–water partition coefficient (Wildman–Crippen LogP) is 2.04. The van der Waals surface area contributed by atoms with Gasteiger partial charge in [0.25, 0.3) is 0 Å². The second-order valence-corrected chi connectivity index (χ2v) is 4.65. The van der Waals surface area contributed by atoms with E-state index in [1.165, 1.54) is 0 Å². The normalized spacial score (nSPS) is 10.4. The molecule has 0 aliphatic heterocycles. The molecular weight excluding hydrogens is 264 g/mol. The van der Waals surface area contributed by atoms with Crippen molar-refractivity contribution < 1.29 is 9.30 Å². The Morgan fingerprint density at radius 2 is 1.62 bits per heavy atom. The summed E-state index contributed by atoms with van der Waals surface area (Å²) in [5, 5.41) is 8.44. The van der Waals surface area contributed by atoms with Gasteiger partial charge in [-0.1, -0.05) is 0 Å². The zero-order valence-electron chi connectivity index (χ0n) is 11.9. The van der Waals surface area contributed by atoms with E-state index in [9.17, 15) is 0 Å². The van der Waals surface area contributed by atoms with Crippen LogP contribution in [0.15, 0.2) is 55.0 Å². The molecule has 104 valence electrons. The van der Waals surface area contributed by atoms with E-state index in [0.717, 1.165) is 22.6 Å². The van der Waals surface area contributed by atoms with E-state index in [1.807, 2.05) is 60.4 Å². The molecule has 0 atom stereocenters. The topological polar surface area (TPSA) is 51.8 Å². The third kappa shape index (κ3) is 2.86. The average molecular weight is 279 g/mol. The number of hydrogen-bond donors (Lipinski definition) is 0. The van der Waals surface area contributed by atoms with Crippen molar-refractivity contribution in [2.75, 3.05) is 7.11 Å². The lowest BCUT2D eigenvalue weighted by atomic mass is 10.1. The number of pyridine rings is 1. The van der Waals surface area contributed by atoms with Gasteiger partial charge in [0.2, 0.25) is 0 Å². The molecule has 0 unspecified atom stereocenters. The molecular formula is C16H15N4O+. The summed E-state index contributed by atoms with van der Waals surface area (Å²) in [4.78, 5) is 4.38. The maximum absolute atomic E-state index is 5.14. The molecule has 0 saturated heterocycles. The van der Waals surface area contributed by atoms with Crippen LogP contribution in [0.4, 0.5) is 0 Å². The van der Waals surface area contributed by atoms with E-state index in [2.05, 4.69) is 15.2 Å². The Kier molecular flexibility index (Phi) is 3.55. The highest BCUT2D eigenvalue weighted by Crippen LogP contribution is 2.20. The molecule has 0 saturated carbocycles. The molecule has 0 N–H and O–H groups in total. The molecule has 2 aromatic heterocycles. The first-order valence-electron chi connectivity index (χ1n) is 6.56. The van der Waals surface area contributed by atoms with Gasteiger partial charge in [0.15, 0.2) is 18.2 Å². The molecule has 1 aromatic carbocycles. The number of aromatic nitrogens is 4. The lowest BCUT2D eigenvalue weighted by Crippen LogP contribution is -2.25. The minimum absolute atomic E-state index is 0.618. The van der Waals surface area contributed by atoms with Crippen molar-refractivity contribution in [2.24, 2.45) is 7.05 Å². The van der Waals surface area contributed by atoms with Gasteiger partial charge in [0.05, 0.1) is 13.3 Å². The summed E-state index contributed by atoms with van der Waals surface area (Å²) in [5.74, 6) is 1.43. The number of hydrogen-bond acceptors (Lipinski definition) is 4. The summed E-state index contributed by atoms with van der Waals surface area (Å²) in [6, 6.07) is 11.6. The number of methoxy groups -OCH3 is 1. The van der Waals surface area contributed by atoms with E-state index in [1.54, 1.807) is 13.3 Å². The summed E-state index contributed by atoms with van der Waals surface area (Å²) in [6.07, 6.45) is 5.64. The summed E-state index contributed by atoms with van der Waals surface area (Å²) >= 11 is 0. The number of rotatable bonds is 3. The van der Waals surface area contributed by atoms with Gasteiger partial charge in [-0.3, -0.25) is 0 Å². The summed E-state index contributed by atoms with van der Waals surface area (Å²) in [5.41, 5.74) is 2.64. The molecule has 0 spiro atoms. The predicted molar refractivity (Wildman–Crippen MR) is 78.4 cm³/mol. The first-order chi connectivity index (χ1) is 10.3. The van der Waals surface area contributed by atoms with Crippen molar-refractivity contribution in [1.29, 1.82) is 0 Å². The van der Waals surface area contributed by atoms with E-state index in [0.29, 0.717) is 5.82 Å². The van der Waals surface area contributed by atoms with E-state index in [-0.39, 0.29) is 0 Å². The second kappa shape index (κ2) is 5.66. The molecule has 5 heteroatoms. The van der Waals surface area contributed by atoms with Crippen LogP contribution >= 0.6 is 0 Å². The van der Waals surface area contributed by atoms with Crippen molar-refractivity contribution in [3.63, 3.8) is 0 Å². The van der Waals surface area contributed by atoms with Crippen LogP contribution in [0.2, 0.25) is 0 Å². The minimum atomic E-state index is 0.618. The number of ether oxygens (including phenoxy) is 1. The number of benzene rings is 1. The van der Waals surface area contributed by atoms with Gasteiger partial charge < -0.3 is 4.74 Å². The van der Waals surface area contributed by atoms with E-state index >= 15 is 0 Å². The highest BCUT2D eigenvalue weighted by Gasteiger charge is 2.06. The lowest BCUT2D eigenvalue weighted by Gasteiger charge is -2.03. The maximum atomic E-state index is 5.14. The third-order valence-corrected chi connectivity index (χ3v) is 3.18. The van der Waals surface area contributed by atoms with Crippen molar-refractivity contribution >= 4 is 0 Å². The molecule has 0 fully saturated rings. The van der Waals surface area contributed by atoms with Gasteiger partial charge in [-0.05, 0) is 24.3 Å². The quantitative estimate of drug-likeness (QED) is 0.688. The fourth-order valence-electron chi connectivity index (χ4n) is 1.95. The SMILES string of the molecule is COc1ccc(-c2cnc(-c3cc[n+](C)cc3)nn2)cc1. The standard InChI is InChI=1S/C16H15N4O/c1-20-9-7-13(8-10-20)16-17-11-15(18-19-16)12-3-5-14(21-2)6-4-12/h3-11H,1-2H3/q+1. The van der Waals surface area contributed by atoms with Gasteiger partial charge >= 0.3 is 0 Å². The van der Waals surface area contributed by atoms with Gasteiger partial charge in [0.1, 0.15) is 18.5 Å². The van der Waals surface area contributed by atoms with Gasteiger partial charge in [-0.25, -0.2) is 9.55 Å². The van der Waals surface area contributed by atoms with Crippen LogP contribution in [0.3, 0.4) is 0 Å². The van der Waals surface area contributed by atoms with Gasteiger partial charge in [-0.15, -0.1) is 10.2 Å². The van der Waals surface area contributed by atoms with Gasteiger partial charge in [0, 0.05) is 23.3 Å². The molecule has 0 aliphatic carbocycles. The Labute approximate surface area is 122 Å². The molecule has 21 heavy (non-hydrogen) atoms. The first kappa shape index (κ1) is 13.2. The monoisotopic (exact) mass is 279 g/mol. The van der Waals surface area contributed by atoms with Crippen LogP contribution < -0.4 is 9.30 Å². The molecule has 2 heterocycles. The largest absolute Gasteiger partial charge is 0.497 e. The highest BCUT2D eigenvalue weighted by atomic mass is 16.5. The van der Waals surface area contributed by atoms with E-state index in [4.69, 9.17) is 4.74 Å². The van der Waals surface area contributed by atoms with Crippen molar-refractivity contribution in [3.8, 4) is 28.4 Å². The van der Waals surface area contributed by atoms with E-state index < -0.39 is 0 Å². The molecule has 3 rings (SSSR count). The number of nitrogens with zero attached hydrogens (tertiary/aromatic N) is 4. The van der Waals surface area contributed by atoms with Crippen LogP contribution in [0.1, 0.15) is 0 Å². The number of aryl methyl sites for hydroxylation is 1. The third-order valence-electron chi connectivity index (χ3n) is 3.18. The Bertz CT molecular complexity index is 722. The van der Waals surface area contributed by atoms with Crippen LogP contribution in [0.25, 0.3) is 22.6 Å². The first-order valence-corrected chi connectivity index (χ1v) is 6.56. The van der Waals surface area contributed by atoms with Crippen molar-refractivity contribution in [1.82, 2.24) is 15.2 Å². The van der Waals surface area contributed by atoms with Crippen molar-refractivity contribution in [2.45, 2.75) is 0 Å². The van der Waals surface area contributed by atoms with Crippen LogP contribution in [-0.4, -0.2) is 22.3 Å². The minimum Gasteiger partial charge on any atom is -0.497 e. The summed E-state index contributed by atoms with van der Waals surface area (Å²) in [7, 11) is 3.61. The average Bonchev–Trinajstić information content (AvgIpc) is 2.56. The van der Waals surface area contributed by atoms with Crippen LogP contribution in [-0.2, 0) is 7.05 Å². The molecule has 0 radical (unpaired) electrons. The fourth-order valence-corrected chi connectivity index (χ4v) is 1.95. The molecule has 0 aliphatic rings. The Hall–Kier alpha value is -2.82. The van der Waals surface area contributed by atoms with Crippen LogP contribution in [0.5, 0.6) is 5.75 Å². The Morgan fingerprint density at radius 1 is 0.905 bits per heavy atom. The molecule has 0 amide bonds. The Morgan fingerprint density at radius 3 is 2.19 bits per heavy atom. The zero-order chi connectivity index (χ0) is 14.7. The van der Waals surface area contributed by atoms with Crippen LogP contribution in [0, 0.1) is 0 Å². The summed E-state index contributed by atoms with van der Waals surface area (Å²) in [6.45, 7) is 0. The smallest absolute Gasteiger partial charge is 0.182 e. The second-order valence-electron chi connectivity index (χ2n) is 4.65. The van der Waals surface area contributed by atoms with Crippen molar-refractivity contribution in [3.05, 3.63) is 55.0 Å². The highest BCUT2D eigenvalue weighted by molar-refractivity contribution is 5.60. The fraction of sp³-hybridized carbons (Fsp3) is 0.125. The van der Waals surface area contributed by atoms with Gasteiger partial charge in [-0.2, -0.15) is 0 Å². The molecule has 5 nitrogen and oxygen atoms in total. The maximum Gasteiger partial charge on any atom is 0.182 e. The molecule has 0 bridgehead atoms. The zero-order valence-corrected chi connectivity index (χ0v) is 11.9.